The number of carbonyl (C=O) groups is 2. The van der Waals surface area contributed by atoms with Crippen LogP contribution in [-0.4, -0.2) is 28.6 Å². The lowest BCUT2D eigenvalue weighted by Crippen LogP contribution is -2.27. The second-order valence-corrected chi connectivity index (χ2v) is 3.91. The van der Waals surface area contributed by atoms with Crippen LogP contribution in [0.15, 0.2) is 0 Å². The van der Waals surface area contributed by atoms with E-state index in [1.165, 1.54) is 6.92 Å². The first-order chi connectivity index (χ1) is 5.72. The minimum Gasteiger partial charge on any atom is -0.460 e. The number of Topliss-reactive ketones (excluding diaryl/α,β-unsaturated/α-hetero) is 1. The molecule has 0 heterocycles. The van der Waals surface area contributed by atoms with Crippen LogP contribution in [-0.2, 0) is 14.3 Å². The average molecular weight is 188 g/mol. The van der Waals surface area contributed by atoms with Crippen molar-refractivity contribution in [3.05, 3.63) is 0 Å². The smallest absolute Gasteiger partial charge is 0.313 e. The highest BCUT2D eigenvalue weighted by atomic mass is 16.6. The first-order valence-corrected chi connectivity index (χ1v) is 4.15. The Morgan fingerprint density at radius 2 is 1.85 bits per heavy atom. The number of carbonyl (C=O) groups excluding carboxylic acids is 2. The number of ketones is 1. The van der Waals surface area contributed by atoms with Crippen LogP contribution in [0.25, 0.3) is 0 Å². The summed E-state index contributed by atoms with van der Waals surface area (Å²) < 4.78 is 4.89. The first-order valence-electron chi connectivity index (χ1n) is 4.15. The van der Waals surface area contributed by atoms with Crippen molar-refractivity contribution in [1.29, 1.82) is 0 Å². The SMILES string of the molecule is CC(O)C(=O)CC(=O)OC(C)(C)C. The Bertz CT molecular complexity index is 200. The number of hydrogen-bond donors (Lipinski definition) is 1. The van der Waals surface area contributed by atoms with Crippen LogP contribution in [0.5, 0.6) is 0 Å². The molecule has 0 radical (unpaired) electrons. The highest BCUT2D eigenvalue weighted by Crippen LogP contribution is 2.08. The molecule has 0 bridgehead atoms. The van der Waals surface area contributed by atoms with Gasteiger partial charge in [0.1, 0.15) is 18.1 Å². The summed E-state index contributed by atoms with van der Waals surface area (Å²) in [7, 11) is 0. The summed E-state index contributed by atoms with van der Waals surface area (Å²) in [6.45, 7) is 6.49. The fraction of sp³-hybridized carbons (Fsp3) is 0.778. The largest absolute Gasteiger partial charge is 0.460 e. The minimum atomic E-state index is -1.10. The third kappa shape index (κ3) is 6.28. The predicted molar refractivity (Wildman–Crippen MR) is 47.1 cm³/mol. The summed E-state index contributed by atoms with van der Waals surface area (Å²) in [6.07, 6.45) is -1.47. The Morgan fingerprint density at radius 1 is 1.38 bits per heavy atom. The van der Waals surface area contributed by atoms with Gasteiger partial charge in [-0.15, -0.1) is 0 Å². The van der Waals surface area contributed by atoms with Gasteiger partial charge in [-0.05, 0) is 27.7 Å². The third-order valence-electron chi connectivity index (χ3n) is 1.20. The molecule has 0 saturated heterocycles. The van der Waals surface area contributed by atoms with Gasteiger partial charge in [-0.2, -0.15) is 0 Å². The average Bonchev–Trinajstić information content (AvgIpc) is 1.81. The Morgan fingerprint density at radius 3 is 2.15 bits per heavy atom. The van der Waals surface area contributed by atoms with Crippen molar-refractivity contribution >= 4 is 11.8 Å². The van der Waals surface area contributed by atoms with Crippen molar-refractivity contribution in [3.63, 3.8) is 0 Å². The first kappa shape index (κ1) is 12.1. The molecule has 1 atom stereocenters. The lowest BCUT2D eigenvalue weighted by molar-refractivity contribution is -0.157. The van der Waals surface area contributed by atoms with Gasteiger partial charge in [0.05, 0.1) is 0 Å². The minimum absolute atomic E-state index is 0.366. The normalized spacial score (nSPS) is 13.6. The van der Waals surface area contributed by atoms with Gasteiger partial charge in [0.15, 0.2) is 5.78 Å². The Kier molecular flexibility index (Phi) is 4.07. The molecule has 0 aromatic rings. The number of ether oxygens (including phenoxy) is 1. The molecule has 0 aliphatic heterocycles. The molecule has 0 aliphatic rings. The highest BCUT2D eigenvalue weighted by molar-refractivity contribution is 5.97. The highest BCUT2D eigenvalue weighted by Gasteiger charge is 2.20. The van der Waals surface area contributed by atoms with E-state index in [0.717, 1.165) is 0 Å². The van der Waals surface area contributed by atoms with E-state index in [2.05, 4.69) is 0 Å². The molecule has 4 nitrogen and oxygen atoms in total. The fourth-order valence-electron chi connectivity index (χ4n) is 0.668. The van der Waals surface area contributed by atoms with Crippen molar-refractivity contribution < 1.29 is 19.4 Å². The topological polar surface area (TPSA) is 63.6 Å². The Balaban J connectivity index is 3.96. The third-order valence-corrected chi connectivity index (χ3v) is 1.20. The number of rotatable bonds is 3. The predicted octanol–water partition coefficient (Wildman–Crippen LogP) is 0.668. The second-order valence-electron chi connectivity index (χ2n) is 3.91. The van der Waals surface area contributed by atoms with Crippen molar-refractivity contribution in [2.75, 3.05) is 0 Å². The second kappa shape index (κ2) is 4.37. The van der Waals surface area contributed by atoms with Crippen molar-refractivity contribution in [2.45, 2.75) is 45.8 Å². The van der Waals surface area contributed by atoms with Gasteiger partial charge in [-0.1, -0.05) is 0 Å². The molecule has 0 aliphatic carbocycles. The van der Waals surface area contributed by atoms with Crippen LogP contribution in [0.1, 0.15) is 34.1 Å². The van der Waals surface area contributed by atoms with Crippen LogP contribution < -0.4 is 0 Å². The number of esters is 1. The molecule has 76 valence electrons. The van der Waals surface area contributed by atoms with Gasteiger partial charge < -0.3 is 9.84 Å². The summed E-state index contributed by atoms with van der Waals surface area (Å²) >= 11 is 0. The van der Waals surface area contributed by atoms with Gasteiger partial charge >= 0.3 is 5.97 Å². The van der Waals surface area contributed by atoms with Gasteiger partial charge in [0.25, 0.3) is 0 Å². The Hall–Kier alpha value is -0.900. The quantitative estimate of drug-likeness (QED) is 0.522. The molecule has 1 N–H and O–H groups in total. The van der Waals surface area contributed by atoms with Gasteiger partial charge in [0, 0.05) is 0 Å². The maximum atomic E-state index is 11.0. The fourth-order valence-corrected chi connectivity index (χ4v) is 0.668. The van der Waals surface area contributed by atoms with Crippen LogP contribution in [0, 0.1) is 0 Å². The van der Waals surface area contributed by atoms with E-state index < -0.39 is 23.5 Å². The molecular weight excluding hydrogens is 172 g/mol. The molecule has 0 aromatic carbocycles. The Labute approximate surface area is 77.9 Å². The summed E-state index contributed by atoms with van der Waals surface area (Å²) in [5, 5.41) is 8.81. The molecule has 0 amide bonds. The maximum absolute atomic E-state index is 11.0. The van der Waals surface area contributed by atoms with E-state index in [1.54, 1.807) is 20.8 Å². The van der Waals surface area contributed by atoms with Gasteiger partial charge in [-0.25, -0.2) is 0 Å². The molecule has 0 saturated carbocycles. The van der Waals surface area contributed by atoms with Crippen molar-refractivity contribution in [3.8, 4) is 0 Å². The summed E-state index contributed by atoms with van der Waals surface area (Å²) in [5.74, 6) is -1.12. The summed E-state index contributed by atoms with van der Waals surface area (Å²) in [6, 6.07) is 0. The molecule has 1 unspecified atom stereocenters. The van der Waals surface area contributed by atoms with E-state index in [0.29, 0.717) is 0 Å². The zero-order valence-corrected chi connectivity index (χ0v) is 8.46. The maximum Gasteiger partial charge on any atom is 0.313 e. The van der Waals surface area contributed by atoms with Crippen molar-refractivity contribution in [1.82, 2.24) is 0 Å². The monoisotopic (exact) mass is 188 g/mol. The van der Waals surface area contributed by atoms with E-state index in [-0.39, 0.29) is 6.42 Å². The van der Waals surface area contributed by atoms with E-state index in [9.17, 15) is 9.59 Å². The molecule has 0 spiro atoms. The molecule has 13 heavy (non-hydrogen) atoms. The molecule has 4 heteroatoms. The molecule has 0 fully saturated rings. The zero-order chi connectivity index (χ0) is 10.6. The number of aliphatic hydroxyl groups excluding tert-OH is 1. The standard InChI is InChI=1S/C9H16O4/c1-6(10)7(11)5-8(12)13-9(2,3)4/h6,10H,5H2,1-4H3. The van der Waals surface area contributed by atoms with Gasteiger partial charge in [0.2, 0.25) is 0 Å². The zero-order valence-electron chi connectivity index (χ0n) is 8.46. The lowest BCUT2D eigenvalue weighted by Gasteiger charge is -2.19. The van der Waals surface area contributed by atoms with Crippen LogP contribution in [0.2, 0.25) is 0 Å². The van der Waals surface area contributed by atoms with Crippen molar-refractivity contribution in [2.24, 2.45) is 0 Å². The molecule has 0 aromatic heterocycles. The number of aliphatic hydroxyl groups is 1. The molecular formula is C9H16O4. The van der Waals surface area contributed by atoms with E-state index >= 15 is 0 Å². The number of hydrogen-bond acceptors (Lipinski definition) is 4. The van der Waals surface area contributed by atoms with E-state index in [4.69, 9.17) is 9.84 Å². The molecule has 0 rings (SSSR count). The summed E-state index contributed by atoms with van der Waals surface area (Å²) in [4.78, 5) is 21.9. The lowest BCUT2D eigenvalue weighted by atomic mass is 10.1. The summed E-state index contributed by atoms with van der Waals surface area (Å²) in [5.41, 5.74) is -0.587. The van der Waals surface area contributed by atoms with Gasteiger partial charge in [-0.3, -0.25) is 9.59 Å². The van der Waals surface area contributed by atoms with Crippen LogP contribution in [0.3, 0.4) is 0 Å². The van der Waals surface area contributed by atoms with Crippen LogP contribution >= 0.6 is 0 Å². The van der Waals surface area contributed by atoms with Crippen LogP contribution in [0.4, 0.5) is 0 Å². The van der Waals surface area contributed by atoms with E-state index in [1.807, 2.05) is 0 Å².